The summed E-state index contributed by atoms with van der Waals surface area (Å²) < 4.78 is 43.4. The summed E-state index contributed by atoms with van der Waals surface area (Å²) in [7, 11) is 0. The largest absolute Gasteiger partial charge is 0.444 e. The highest BCUT2D eigenvalue weighted by atomic mass is 19.4. The third kappa shape index (κ3) is 3.51. The summed E-state index contributed by atoms with van der Waals surface area (Å²) >= 11 is 0. The molecule has 2 aromatic carbocycles. The molecule has 0 radical (unpaired) electrons. The molecule has 0 saturated carbocycles. The van der Waals surface area contributed by atoms with Crippen LogP contribution in [-0.4, -0.2) is 16.4 Å². The first-order valence-electron chi connectivity index (χ1n) is 8.40. The van der Waals surface area contributed by atoms with Crippen LogP contribution in [0.15, 0.2) is 59.2 Å². The summed E-state index contributed by atoms with van der Waals surface area (Å²) in [6.07, 6.45) is -1.77. The van der Waals surface area contributed by atoms with Crippen molar-refractivity contribution in [3.05, 3.63) is 77.2 Å². The van der Waals surface area contributed by atoms with E-state index in [0.717, 1.165) is 37.3 Å². The second kappa shape index (κ2) is 6.61. The lowest BCUT2D eigenvalue weighted by Crippen LogP contribution is -2.30. The predicted octanol–water partition coefficient (Wildman–Crippen LogP) is 4.92. The standard InChI is InChI=1S/C20H17F3N2O/c21-20(22,23)17-7-5-15(6-8-17)19-24-18(13-26-19)12-25-10-9-14-3-1-2-4-16(14)11-25/h1-8,13H,9-12H2. The van der Waals surface area contributed by atoms with E-state index in [0.29, 0.717) is 18.0 Å². The topological polar surface area (TPSA) is 29.3 Å². The summed E-state index contributed by atoms with van der Waals surface area (Å²) in [6, 6.07) is 13.2. The molecule has 0 aliphatic carbocycles. The Labute approximate surface area is 149 Å². The van der Waals surface area contributed by atoms with Gasteiger partial charge in [-0.3, -0.25) is 4.90 Å². The Morgan fingerprint density at radius 2 is 1.73 bits per heavy atom. The van der Waals surface area contributed by atoms with E-state index in [9.17, 15) is 13.2 Å². The van der Waals surface area contributed by atoms with Gasteiger partial charge in [0.1, 0.15) is 6.26 Å². The number of fused-ring (bicyclic) bond motifs is 1. The Kier molecular flexibility index (Phi) is 4.28. The van der Waals surface area contributed by atoms with Gasteiger partial charge < -0.3 is 4.42 Å². The Morgan fingerprint density at radius 1 is 1.00 bits per heavy atom. The first kappa shape index (κ1) is 16.8. The summed E-state index contributed by atoms with van der Waals surface area (Å²) in [5, 5.41) is 0. The fraction of sp³-hybridized carbons (Fsp3) is 0.250. The van der Waals surface area contributed by atoms with Gasteiger partial charge in [-0.1, -0.05) is 24.3 Å². The van der Waals surface area contributed by atoms with E-state index in [2.05, 4.69) is 28.1 Å². The average Bonchev–Trinajstić information content (AvgIpc) is 3.09. The molecule has 2 heterocycles. The molecule has 26 heavy (non-hydrogen) atoms. The molecule has 0 saturated heterocycles. The molecule has 0 atom stereocenters. The minimum atomic E-state index is -4.34. The molecule has 0 amide bonds. The molecule has 6 heteroatoms. The van der Waals surface area contributed by atoms with Crippen molar-refractivity contribution < 1.29 is 17.6 Å². The molecule has 0 fully saturated rings. The van der Waals surface area contributed by atoms with E-state index >= 15 is 0 Å². The van der Waals surface area contributed by atoms with Crippen LogP contribution < -0.4 is 0 Å². The van der Waals surface area contributed by atoms with E-state index in [-0.39, 0.29) is 0 Å². The van der Waals surface area contributed by atoms with Gasteiger partial charge in [0.2, 0.25) is 5.89 Å². The zero-order valence-electron chi connectivity index (χ0n) is 14.0. The number of hydrogen-bond acceptors (Lipinski definition) is 3. The van der Waals surface area contributed by atoms with Crippen molar-refractivity contribution in [2.75, 3.05) is 6.54 Å². The maximum absolute atomic E-state index is 12.6. The normalized spacial score (nSPS) is 15.0. The van der Waals surface area contributed by atoms with Crippen LogP contribution in [0.2, 0.25) is 0 Å². The molecule has 0 spiro atoms. The molecule has 3 nitrogen and oxygen atoms in total. The van der Waals surface area contributed by atoms with Crippen molar-refractivity contribution in [3.8, 4) is 11.5 Å². The number of nitrogens with zero attached hydrogens (tertiary/aromatic N) is 2. The van der Waals surface area contributed by atoms with Crippen LogP contribution in [0.4, 0.5) is 13.2 Å². The molecule has 134 valence electrons. The van der Waals surface area contributed by atoms with Crippen molar-refractivity contribution in [3.63, 3.8) is 0 Å². The Bertz CT molecular complexity index is 900. The zero-order valence-corrected chi connectivity index (χ0v) is 14.0. The number of aromatic nitrogens is 1. The molecule has 1 aliphatic rings. The number of oxazole rings is 1. The monoisotopic (exact) mass is 358 g/mol. The van der Waals surface area contributed by atoms with Crippen LogP contribution in [0.1, 0.15) is 22.4 Å². The molecule has 0 N–H and O–H groups in total. The number of rotatable bonds is 3. The number of halogens is 3. The second-order valence-electron chi connectivity index (χ2n) is 6.45. The molecule has 0 unspecified atom stereocenters. The second-order valence-corrected chi connectivity index (χ2v) is 6.45. The van der Waals surface area contributed by atoms with Crippen LogP contribution in [0.5, 0.6) is 0 Å². The fourth-order valence-corrected chi connectivity index (χ4v) is 3.23. The minimum Gasteiger partial charge on any atom is -0.444 e. The smallest absolute Gasteiger partial charge is 0.416 e. The van der Waals surface area contributed by atoms with E-state index < -0.39 is 11.7 Å². The van der Waals surface area contributed by atoms with Gasteiger partial charge in [0.15, 0.2) is 0 Å². The van der Waals surface area contributed by atoms with E-state index in [4.69, 9.17) is 4.42 Å². The van der Waals surface area contributed by atoms with Gasteiger partial charge in [-0.25, -0.2) is 4.98 Å². The summed E-state index contributed by atoms with van der Waals surface area (Å²) in [6.45, 7) is 2.45. The highest BCUT2D eigenvalue weighted by Crippen LogP contribution is 2.31. The van der Waals surface area contributed by atoms with E-state index in [1.54, 1.807) is 6.26 Å². The van der Waals surface area contributed by atoms with Crippen molar-refractivity contribution in [1.82, 2.24) is 9.88 Å². The molecule has 3 aromatic rings. The van der Waals surface area contributed by atoms with Crippen molar-refractivity contribution >= 4 is 0 Å². The van der Waals surface area contributed by atoms with E-state index in [1.165, 1.54) is 23.3 Å². The molecule has 0 bridgehead atoms. The lowest BCUT2D eigenvalue weighted by molar-refractivity contribution is -0.137. The maximum Gasteiger partial charge on any atom is 0.416 e. The Hall–Kier alpha value is -2.60. The molecule has 4 rings (SSSR count). The first-order chi connectivity index (χ1) is 12.5. The summed E-state index contributed by atoms with van der Waals surface area (Å²) in [5.74, 6) is 0.339. The third-order valence-electron chi connectivity index (χ3n) is 4.61. The zero-order chi connectivity index (χ0) is 18.1. The van der Waals surface area contributed by atoms with Crippen LogP contribution in [-0.2, 0) is 25.7 Å². The van der Waals surface area contributed by atoms with Crippen LogP contribution in [0.3, 0.4) is 0 Å². The van der Waals surface area contributed by atoms with E-state index in [1.807, 2.05) is 6.07 Å². The van der Waals surface area contributed by atoms with Crippen LogP contribution in [0, 0.1) is 0 Å². The summed E-state index contributed by atoms with van der Waals surface area (Å²) in [5.41, 5.74) is 3.34. The molecular formula is C20H17F3N2O. The van der Waals surface area contributed by atoms with Gasteiger partial charge in [-0.05, 0) is 41.8 Å². The van der Waals surface area contributed by atoms with Gasteiger partial charge in [-0.15, -0.1) is 0 Å². The predicted molar refractivity (Wildman–Crippen MR) is 91.2 cm³/mol. The number of hydrogen-bond donors (Lipinski definition) is 0. The van der Waals surface area contributed by atoms with Gasteiger partial charge >= 0.3 is 6.18 Å². The van der Waals surface area contributed by atoms with Crippen molar-refractivity contribution in [2.24, 2.45) is 0 Å². The maximum atomic E-state index is 12.6. The van der Waals surface area contributed by atoms with Gasteiger partial charge in [-0.2, -0.15) is 13.2 Å². The van der Waals surface area contributed by atoms with Gasteiger partial charge in [0, 0.05) is 25.2 Å². The van der Waals surface area contributed by atoms with Crippen molar-refractivity contribution in [1.29, 1.82) is 0 Å². The molecule has 1 aliphatic heterocycles. The number of benzene rings is 2. The first-order valence-corrected chi connectivity index (χ1v) is 8.40. The summed E-state index contributed by atoms with van der Waals surface area (Å²) in [4.78, 5) is 6.72. The Balaban J connectivity index is 1.45. The third-order valence-corrected chi connectivity index (χ3v) is 4.61. The van der Waals surface area contributed by atoms with Crippen LogP contribution in [0.25, 0.3) is 11.5 Å². The molecule has 1 aromatic heterocycles. The Morgan fingerprint density at radius 3 is 2.46 bits per heavy atom. The highest BCUT2D eigenvalue weighted by Gasteiger charge is 2.30. The average molecular weight is 358 g/mol. The minimum absolute atomic E-state index is 0.339. The molecular weight excluding hydrogens is 341 g/mol. The van der Waals surface area contributed by atoms with Crippen molar-refractivity contribution in [2.45, 2.75) is 25.7 Å². The van der Waals surface area contributed by atoms with Crippen LogP contribution >= 0.6 is 0 Å². The lowest BCUT2D eigenvalue weighted by Gasteiger charge is -2.27. The lowest BCUT2D eigenvalue weighted by atomic mass is 10.00. The van der Waals surface area contributed by atoms with Gasteiger partial charge in [0.25, 0.3) is 0 Å². The highest BCUT2D eigenvalue weighted by molar-refractivity contribution is 5.54. The quantitative estimate of drug-likeness (QED) is 0.666. The van der Waals surface area contributed by atoms with Gasteiger partial charge in [0.05, 0.1) is 11.3 Å². The number of alkyl halides is 3. The fourth-order valence-electron chi connectivity index (χ4n) is 3.23. The SMILES string of the molecule is FC(F)(F)c1ccc(-c2nc(CN3CCc4ccccc4C3)co2)cc1.